The third-order valence-electron chi connectivity index (χ3n) is 4.76. The molecule has 7 heteroatoms. The van der Waals surface area contributed by atoms with Crippen molar-refractivity contribution in [2.45, 2.75) is 13.5 Å². The van der Waals surface area contributed by atoms with Gasteiger partial charge in [-0.3, -0.25) is 14.5 Å². The smallest absolute Gasteiger partial charge is 0.293 e. The number of carbonyl (C=O) groups excluding carboxylic acids is 2. The van der Waals surface area contributed by atoms with Gasteiger partial charge < -0.3 is 4.74 Å². The Balaban J connectivity index is 1.73. The van der Waals surface area contributed by atoms with Crippen molar-refractivity contribution in [1.29, 1.82) is 0 Å². The Hall–Kier alpha value is -2.47. The molecule has 0 saturated carbocycles. The molecule has 1 aliphatic heterocycles. The minimum Gasteiger partial charge on any atom is -0.493 e. The van der Waals surface area contributed by atoms with E-state index in [1.165, 1.54) is 0 Å². The standard InChI is InChI=1S/C23H17Cl2NO3S/c1-2-29-20-11-10-14-6-3-4-7-15(14)16(20)12-21-22(27)26(23(28)30-21)13-17-18(24)8-5-9-19(17)25/h3-12H,2,13H2,1H3/b21-12+. The third kappa shape index (κ3) is 3.93. The lowest BCUT2D eigenvalue weighted by Crippen LogP contribution is -2.27. The van der Waals surface area contributed by atoms with Crippen molar-refractivity contribution in [3.05, 3.63) is 80.7 Å². The second-order valence-corrected chi connectivity index (χ2v) is 8.41. The van der Waals surface area contributed by atoms with Gasteiger partial charge in [0.1, 0.15) is 5.75 Å². The highest BCUT2D eigenvalue weighted by molar-refractivity contribution is 8.18. The maximum absolute atomic E-state index is 13.0. The molecule has 0 aliphatic carbocycles. The summed E-state index contributed by atoms with van der Waals surface area (Å²) in [5.74, 6) is 0.286. The number of nitrogens with zero attached hydrogens (tertiary/aromatic N) is 1. The normalized spacial score (nSPS) is 15.4. The van der Waals surface area contributed by atoms with Crippen LogP contribution < -0.4 is 4.74 Å². The average molecular weight is 458 g/mol. The zero-order chi connectivity index (χ0) is 21.3. The number of fused-ring (bicyclic) bond motifs is 1. The van der Waals surface area contributed by atoms with Crippen molar-refractivity contribution < 1.29 is 14.3 Å². The molecule has 0 N–H and O–H groups in total. The Morgan fingerprint density at radius 2 is 1.73 bits per heavy atom. The van der Waals surface area contributed by atoms with Crippen LogP contribution in [0.4, 0.5) is 4.79 Å². The fourth-order valence-electron chi connectivity index (χ4n) is 3.31. The first-order valence-corrected chi connectivity index (χ1v) is 10.9. The summed E-state index contributed by atoms with van der Waals surface area (Å²) in [5.41, 5.74) is 1.32. The summed E-state index contributed by atoms with van der Waals surface area (Å²) in [6, 6.07) is 16.8. The maximum atomic E-state index is 13.0. The molecule has 3 aromatic rings. The van der Waals surface area contributed by atoms with Gasteiger partial charge >= 0.3 is 0 Å². The van der Waals surface area contributed by atoms with Crippen molar-refractivity contribution in [1.82, 2.24) is 4.90 Å². The van der Waals surface area contributed by atoms with E-state index in [4.69, 9.17) is 27.9 Å². The molecule has 4 nitrogen and oxygen atoms in total. The second kappa shape index (κ2) is 8.72. The van der Waals surface area contributed by atoms with E-state index in [0.29, 0.717) is 32.9 Å². The zero-order valence-corrected chi connectivity index (χ0v) is 18.4. The number of amides is 2. The lowest BCUT2D eigenvalue weighted by molar-refractivity contribution is -0.123. The molecule has 0 aromatic heterocycles. The van der Waals surface area contributed by atoms with Gasteiger partial charge in [-0.05, 0) is 53.7 Å². The van der Waals surface area contributed by atoms with Crippen molar-refractivity contribution in [2.24, 2.45) is 0 Å². The molecule has 1 saturated heterocycles. The van der Waals surface area contributed by atoms with Gasteiger partial charge in [0.25, 0.3) is 11.1 Å². The number of thioether (sulfide) groups is 1. The van der Waals surface area contributed by atoms with Gasteiger partial charge in [-0.25, -0.2) is 0 Å². The van der Waals surface area contributed by atoms with E-state index in [9.17, 15) is 9.59 Å². The van der Waals surface area contributed by atoms with Gasteiger partial charge in [-0.2, -0.15) is 0 Å². The number of rotatable bonds is 5. The summed E-state index contributed by atoms with van der Waals surface area (Å²) in [5, 5.41) is 2.44. The lowest BCUT2D eigenvalue weighted by atomic mass is 10.0. The molecule has 1 heterocycles. The predicted molar refractivity (Wildman–Crippen MR) is 123 cm³/mol. The molecule has 1 aliphatic rings. The minimum atomic E-state index is -0.378. The Kier molecular flexibility index (Phi) is 6.04. The molecule has 30 heavy (non-hydrogen) atoms. The van der Waals surface area contributed by atoms with Crippen LogP contribution >= 0.6 is 35.0 Å². The summed E-state index contributed by atoms with van der Waals surface area (Å²) in [6.45, 7) is 2.42. The van der Waals surface area contributed by atoms with Crippen molar-refractivity contribution in [2.75, 3.05) is 6.61 Å². The number of imide groups is 1. The molecule has 4 rings (SSSR count). The van der Waals surface area contributed by atoms with Crippen LogP contribution in [0.25, 0.3) is 16.8 Å². The molecular formula is C23H17Cl2NO3S. The molecule has 152 valence electrons. The fourth-order valence-corrected chi connectivity index (χ4v) is 4.65. The van der Waals surface area contributed by atoms with Gasteiger partial charge in [0.2, 0.25) is 0 Å². The Morgan fingerprint density at radius 1 is 1.00 bits per heavy atom. The van der Waals surface area contributed by atoms with Gasteiger partial charge in [0.05, 0.1) is 18.1 Å². The lowest BCUT2D eigenvalue weighted by Gasteiger charge is -2.15. The molecule has 2 amide bonds. The Morgan fingerprint density at radius 3 is 2.47 bits per heavy atom. The van der Waals surface area contributed by atoms with Crippen LogP contribution in [0.3, 0.4) is 0 Å². The SMILES string of the molecule is CCOc1ccc2ccccc2c1/C=C1/SC(=O)N(Cc2c(Cl)cccc2Cl)C1=O. The molecule has 0 atom stereocenters. The van der Waals surface area contributed by atoms with E-state index in [1.807, 2.05) is 43.3 Å². The monoisotopic (exact) mass is 457 g/mol. The number of hydrogen-bond donors (Lipinski definition) is 0. The number of ether oxygens (including phenoxy) is 1. The van der Waals surface area contributed by atoms with E-state index >= 15 is 0 Å². The highest BCUT2D eigenvalue weighted by Gasteiger charge is 2.36. The molecule has 3 aromatic carbocycles. The van der Waals surface area contributed by atoms with Crippen LogP contribution in [-0.2, 0) is 11.3 Å². The van der Waals surface area contributed by atoms with Gasteiger partial charge in [0.15, 0.2) is 0 Å². The number of benzene rings is 3. The molecule has 0 radical (unpaired) electrons. The average Bonchev–Trinajstić information content (AvgIpc) is 2.99. The van der Waals surface area contributed by atoms with Gasteiger partial charge in [-0.15, -0.1) is 0 Å². The number of hydrogen-bond acceptors (Lipinski definition) is 4. The fraction of sp³-hybridized carbons (Fsp3) is 0.130. The third-order valence-corrected chi connectivity index (χ3v) is 6.37. The summed E-state index contributed by atoms with van der Waals surface area (Å²) in [6.07, 6.45) is 1.73. The van der Waals surface area contributed by atoms with Crippen LogP contribution in [0.2, 0.25) is 10.0 Å². The molecule has 0 unspecified atom stereocenters. The van der Waals surface area contributed by atoms with Crippen LogP contribution in [0.1, 0.15) is 18.1 Å². The van der Waals surface area contributed by atoms with Crippen molar-refractivity contribution >= 4 is 63.0 Å². The van der Waals surface area contributed by atoms with Crippen LogP contribution in [0.15, 0.2) is 59.5 Å². The zero-order valence-electron chi connectivity index (χ0n) is 16.0. The van der Waals surface area contributed by atoms with E-state index in [0.717, 1.165) is 33.0 Å². The summed E-state index contributed by atoms with van der Waals surface area (Å²) >= 11 is 13.3. The Bertz CT molecular complexity index is 1170. The first kappa shape index (κ1) is 20.8. The van der Waals surface area contributed by atoms with Crippen LogP contribution in [0, 0.1) is 0 Å². The summed E-state index contributed by atoms with van der Waals surface area (Å²) in [7, 11) is 0. The Labute approximate surface area is 188 Å². The highest BCUT2D eigenvalue weighted by Crippen LogP contribution is 2.38. The summed E-state index contributed by atoms with van der Waals surface area (Å²) in [4.78, 5) is 27.1. The van der Waals surface area contributed by atoms with Gasteiger partial charge in [0, 0.05) is 21.2 Å². The maximum Gasteiger partial charge on any atom is 0.293 e. The van der Waals surface area contributed by atoms with E-state index in [2.05, 4.69) is 0 Å². The predicted octanol–water partition coefficient (Wildman–Crippen LogP) is 6.78. The highest BCUT2D eigenvalue weighted by atomic mass is 35.5. The molecule has 0 spiro atoms. The number of carbonyl (C=O) groups is 2. The van der Waals surface area contributed by atoms with Gasteiger partial charge in [-0.1, -0.05) is 59.6 Å². The first-order chi connectivity index (χ1) is 14.5. The molecule has 1 fully saturated rings. The molecule has 0 bridgehead atoms. The largest absolute Gasteiger partial charge is 0.493 e. The second-order valence-electron chi connectivity index (χ2n) is 6.60. The topological polar surface area (TPSA) is 46.6 Å². The van der Waals surface area contributed by atoms with E-state index in [-0.39, 0.29) is 17.7 Å². The van der Waals surface area contributed by atoms with E-state index < -0.39 is 0 Å². The van der Waals surface area contributed by atoms with Crippen molar-refractivity contribution in [3.8, 4) is 5.75 Å². The number of halogens is 2. The van der Waals surface area contributed by atoms with E-state index in [1.54, 1.807) is 24.3 Å². The molecular weight excluding hydrogens is 441 g/mol. The van der Waals surface area contributed by atoms with Crippen LogP contribution in [-0.4, -0.2) is 22.7 Å². The van der Waals surface area contributed by atoms with Crippen LogP contribution in [0.5, 0.6) is 5.75 Å². The quantitative estimate of drug-likeness (QED) is 0.396. The summed E-state index contributed by atoms with van der Waals surface area (Å²) < 4.78 is 5.77. The minimum absolute atomic E-state index is 0.0222. The van der Waals surface area contributed by atoms with Crippen molar-refractivity contribution in [3.63, 3.8) is 0 Å². The first-order valence-electron chi connectivity index (χ1n) is 9.32.